The van der Waals surface area contributed by atoms with Crippen LogP contribution in [0.1, 0.15) is 20.8 Å². The normalized spacial score (nSPS) is 11.5. The Bertz CT molecular complexity index is 278. The highest BCUT2D eigenvalue weighted by Crippen LogP contribution is 2.04. The Morgan fingerprint density at radius 2 is 2.07 bits per heavy atom. The molecular weight excluding hydrogens is 188 g/mol. The summed E-state index contributed by atoms with van der Waals surface area (Å²) < 4.78 is 0. The molecule has 0 saturated carbocycles. The molecule has 0 spiro atoms. The van der Waals surface area contributed by atoms with Crippen molar-refractivity contribution in [1.29, 1.82) is 0 Å². The summed E-state index contributed by atoms with van der Waals surface area (Å²) in [6.07, 6.45) is 5.17. The Labute approximate surface area is 91.7 Å². The summed E-state index contributed by atoms with van der Waals surface area (Å²) in [7, 11) is 2.02. The zero-order valence-corrected chi connectivity index (χ0v) is 9.99. The van der Waals surface area contributed by atoms with E-state index in [4.69, 9.17) is 0 Å². The number of rotatable bonds is 4. The highest BCUT2D eigenvalue weighted by Gasteiger charge is 2.08. The minimum atomic E-state index is 0.170. The zero-order valence-electron chi connectivity index (χ0n) is 9.99. The minimum Gasteiger partial charge on any atom is -0.357 e. The van der Waals surface area contributed by atoms with E-state index in [1.165, 1.54) is 0 Å². The number of likely N-dealkylation sites (N-methyl/N-ethyl adjacent to an activating group) is 1. The van der Waals surface area contributed by atoms with Gasteiger partial charge in [0.15, 0.2) is 0 Å². The lowest BCUT2D eigenvalue weighted by atomic mass is 10.1. The highest BCUT2D eigenvalue weighted by molar-refractivity contribution is 5.33. The molecular formula is C11H20N4. The van der Waals surface area contributed by atoms with Gasteiger partial charge in [-0.25, -0.2) is 4.98 Å². The first kappa shape index (κ1) is 11.9. The number of anilines is 1. The van der Waals surface area contributed by atoms with Crippen LogP contribution in [0.25, 0.3) is 0 Å². The molecule has 0 atom stereocenters. The van der Waals surface area contributed by atoms with Gasteiger partial charge < -0.3 is 10.2 Å². The zero-order chi connectivity index (χ0) is 11.3. The van der Waals surface area contributed by atoms with Crippen LogP contribution in [0.5, 0.6) is 0 Å². The van der Waals surface area contributed by atoms with Crippen molar-refractivity contribution in [2.24, 2.45) is 0 Å². The predicted octanol–water partition coefficient (Wildman–Crippen LogP) is 1.30. The van der Waals surface area contributed by atoms with E-state index in [0.717, 1.165) is 18.9 Å². The van der Waals surface area contributed by atoms with Gasteiger partial charge in [0.1, 0.15) is 5.82 Å². The van der Waals surface area contributed by atoms with Crippen molar-refractivity contribution >= 4 is 5.82 Å². The van der Waals surface area contributed by atoms with Crippen LogP contribution in [-0.4, -0.2) is 35.6 Å². The summed E-state index contributed by atoms with van der Waals surface area (Å²) in [6, 6.07) is 0. The van der Waals surface area contributed by atoms with E-state index >= 15 is 0 Å². The highest BCUT2D eigenvalue weighted by atomic mass is 15.2. The number of hydrogen-bond acceptors (Lipinski definition) is 4. The Balaban J connectivity index is 2.34. The van der Waals surface area contributed by atoms with Crippen molar-refractivity contribution in [3.05, 3.63) is 18.6 Å². The smallest absolute Gasteiger partial charge is 0.146 e. The first-order chi connectivity index (χ1) is 6.99. The third-order valence-corrected chi connectivity index (χ3v) is 2.04. The molecule has 0 bridgehead atoms. The molecule has 0 fully saturated rings. The van der Waals surface area contributed by atoms with Crippen molar-refractivity contribution in [3.8, 4) is 0 Å². The van der Waals surface area contributed by atoms with Gasteiger partial charge in [-0.2, -0.15) is 0 Å². The van der Waals surface area contributed by atoms with E-state index in [2.05, 4.69) is 41.0 Å². The first-order valence-electron chi connectivity index (χ1n) is 5.21. The number of nitrogens with one attached hydrogen (secondary N) is 1. The van der Waals surface area contributed by atoms with Crippen molar-refractivity contribution in [2.75, 3.05) is 25.0 Å². The van der Waals surface area contributed by atoms with Crippen LogP contribution in [-0.2, 0) is 0 Å². The summed E-state index contributed by atoms with van der Waals surface area (Å²) in [4.78, 5) is 10.4. The summed E-state index contributed by atoms with van der Waals surface area (Å²) in [6.45, 7) is 8.35. The van der Waals surface area contributed by atoms with Crippen LogP contribution >= 0.6 is 0 Å². The van der Waals surface area contributed by atoms with E-state index in [9.17, 15) is 0 Å². The summed E-state index contributed by atoms with van der Waals surface area (Å²) in [5, 5.41) is 3.43. The quantitative estimate of drug-likeness (QED) is 0.810. The number of nitrogens with zero attached hydrogens (tertiary/aromatic N) is 3. The second-order valence-electron chi connectivity index (χ2n) is 4.66. The SMILES string of the molecule is CN(CCNC(C)(C)C)c1cnccn1. The van der Waals surface area contributed by atoms with E-state index in [1.54, 1.807) is 18.6 Å². The molecule has 0 aromatic carbocycles. The molecule has 1 aromatic rings. The molecule has 0 aliphatic heterocycles. The van der Waals surface area contributed by atoms with Crippen molar-refractivity contribution in [1.82, 2.24) is 15.3 Å². The van der Waals surface area contributed by atoms with Crippen molar-refractivity contribution in [2.45, 2.75) is 26.3 Å². The molecule has 1 heterocycles. The second-order valence-corrected chi connectivity index (χ2v) is 4.66. The average molecular weight is 208 g/mol. The number of aromatic nitrogens is 2. The van der Waals surface area contributed by atoms with E-state index < -0.39 is 0 Å². The van der Waals surface area contributed by atoms with Crippen LogP contribution < -0.4 is 10.2 Å². The molecule has 0 amide bonds. The van der Waals surface area contributed by atoms with Gasteiger partial charge in [0.2, 0.25) is 0 Å². The second kappa shape index (κ2) is 5.07. The molecule has 0 aliphatic rings. The van der Waals surface area contributed by atoms with Gasteiger partial charge >= 0.3 is 0 Å². The van der Waals surface area contributed by atoms with E-state index in [-0.39, 0.29) is 5.54 Å². The van der Waals surface area contributed by atoms with Gasteiger partial charge in [-0.05, 0) is 20.8 Å². The Kier molecular flexibility index (Phi) is 4.03. The molecule has 1 rings (SSSR count). The van der Waals surface area contributed by atoms with Crippen LogP contribution in [0, 0.1) is 0 Å². The fraction of sp³-hybridized carbons (Fsp3) is 0.636. The fourth-order valence-electron chi connectivity index (χ4n) is 1.20. The largest absolute Gasteiger partial charge is 0.357 e. The van der Waals surface area contributed by atoms with E-state index in [1.807, 2.05) is 7.05 Å². The maximum atomic E-state index is 4.23. The maximum absolute atomic E-state index is 4.23. The molecule has 1 N–H and O–H groups in total. The minimum absolute atomic E-state index is 0.170. The molecule has 84 valence electrons. The van der Waals surface area contributed by atoms with Gasteiger partial charge in [-0.1, -0.05) is 0 Å². The molecule has 1 aromatic heterocycles. The summed E-state index contributed by atoms with van der Waals surface area (Å²) in [5.41, 5.74) is 0.170. The topological polar surface area (TPSA) is 41.0 Å². The molecule has 0 radical (unpaired) electrons. The average Bonchev–Trinajstić information content (AvgIpc) is 2.17. The van der Waals surface area contributed by atoms with Crippen molar-refractivity contribution in [3.63, 3.8) is 0 Å². The predicted molar refractivity (Wildman–Crippen MR) is 63.1 cm³/mol. The van der Waals surface area contributed by atoms with Crippen LogP contribution in [0.3, 0.4) is 0 Å². The maximum Gasteiger partial charge on any atom is 0.146 e. The standard InChI is InChI=1S/C11H20N4/c1-11(2,3)14-7-8-15(4)10-9-12-5-6-13-10/h5-6,9,14H,7-8H2,1-4H3. The molecule has 0 aliphatic carbocycles. The Morgan fingerprint density at radius 1 is 1.33 bits per heavy atom. The van der Waals surface area contributed by atoms with Gasteiger partial charge in [-0.15, -0.1) is 0 Å². The first-order valence-corrected chi connectivity index (χ1v) is 5.21. The van der Waals surface area contributed by atoms with Crippen LogP contribution in [0.15, 0.2) is 18.6 Å². The molecule has 15 heavy (non-hydrogen) atoms. The van der Waals surface area contributed by atoms with Crippen LogP contribution in [0.4, 0.5) is 5.82 Å². The third-order valence-electron chi connectivity index (χ3n) is 2.04. The summed E-state index contributed by atoms with van der Waals surface area (Å²) in [5.74, 6) is 0.910. The van der Waals surface area contributed by atoms with Gasteiger partial charge in [0, 0.05) is 38.1 Å². The van der Waals surface area contributed by atoms with Gasteiger partial charge in [0.25, 0.3) is 0 Å². The van der Waals surface area contributed by atoms with Gasteiger partial charge in [-0.3, -0.25) is 4.98 Å². The molecule has 0 saturated heterocycles. The molecule has 4 nitrogen and oxygen atoms in total. The van der Waals surface area contributed by atoms with Crippen LogP contribution in [0.2, 0.25) is 0 Å². The molecule has 4 heteroatoms. The molecule has 0 unspecified atom stereocenters. The monoisotopic (exact) mass is 208 g/mol. The third kappa shape index (κ3) is 4.74. The van der Waals surface area contributed by atoms with E-state index in [0.29, 0.717) is 0 Å². The van der Waals surface area contributed by atoms with Crippen molar-refractivity contribution < 1.29 is 0 Å². The summed E-state index contributed by atoms with van der Waals surface area (Å²) >= 11 is 0. The lowest BCUT2D eigenvalue weighted by Crippen LogP contribution is -2.40. The lowest BCUT2D eigenvalue weighted by molar-refractivity contribution is 0.430. The van der Waals surface area contributed by atoms with Gasteiger partial charge in [0.05, 0.1) is 6.20 Å². The fourth-order valence-corrected chi connectivity index (χ4v) is 1.20. The number of hydrogen-bond donors (Lipinski definition) is 1. The lowest BCUT2D eigenvalue weighted by Gasteiger charge is -2.23. The Hall–Kier alpha value is -1.16. The Morgan fingerprint density at radius 3 is 2.60 bits per heavy atom.